The quantitative estimate of drug-likeness (QED) is 0.187. The summed E-state index contributed by atoms with van der Waals surface area (Å²) >= 11 is 0. The zero-order valence-corrected chi connectivity index (χ0v) is 24.0. The van der Waals surface area contributed by atoms with Crippen LogP contribution in [0.2, 0.25) is 0 Å². The van der Waals surface area contributed by atoms with Gasteiger partial charge in [0.1, 0.15) is 11.5 Å². The molecule has 0 aliphatic rings. The molecule has 0 radical (unpaired) electrons. The molecule has 4 heteroatoms. The molecule has 0 heterocycles. The first kappa shape index (κ1) is 27.0. The van der Waals surface area contributed by atoms with Gasteiger partial charge in [0.05, 0.1) is 14.2 Å². The Morgan fingerprint density at radius 2 is 0.881 bits per heavy atom. The van der Waals surface area contributed by atoms with Crippen molar-refractivity contribution in [2.24, 2.45) is 0 Å². The van der Waals surface area contributed by atoms with E-state index in [4.69, 9.17) is 9.47 Å². The zero-order chi connectivity index (χ0) is 29.4. The summed E-state index contributed by atoms with van der Waals surface area (Å²) in [5, 5.41) is 3.69. The van der Waals surface area contributed by atoms with Crippen LogP contribution in [0.3, 0.4) is 0 Å². The summed E-state index contributed by atoms with van der Waals surface area (Å²) in [7, 11) is 3.30. The molecule has 0 aliphatic carbocycles. The first-order valence-corrected chi connectivity index (χ1v) is 13.8. The third-order valence-corrected chi connectivity index (χ3v) is 7.74. The van der Waals surface area contributed by atoms with Crippen molar-refractivity contribution in [3.8, 4) is 22.6 Å². The molecular formula is C38H30O4. The van der Waals surface area contributed by atoms with E-state index in [-0.39, 0.29) is 11.6 Å². The van der Waals surface area contributed by atoms with Gasteiger partial charge in [-0.2, -0.15) is 0 Å². The first-order chi connectivity index (χ1) is 20.4. The normalized spacial score (nSPS) is 11.0. The van der Waals surface area contributed by atoms with Crippen LogP contribution >= 0.6 is 0 Å². The molecule has 0 amide bonds. The molecule has 6 aromatic rings. The predicted molar refractivity (Wildman–Crippen MR) is 169 cm³/mol. The van der Waals surface area contributed by atoms with Crippen LogP contribution in [0.5, 0.6) is 11.5 Å². The van der Waals surface area contributed by atoms with Crippen molar-refractivity contribution < 1.29 is 19.1 Å². The molecule has 4 nitrogen and oxygen atoms in total. The van der Waals surface area contributed by atoms with Gasteiger partial charge >= 0.3 is 0 Å². The number of benzene rings is 6. The Labute approximate surface area is 245 Å². The molecule has 0 saturated heterocycles. The zero-order valence-electron chi connectivity index (χ0n) is 24.0. The van der Waals surface area contributed by atoms with E-state index in [9.17, 15) is 9.59 Å². The van der Waals surface area contributed by atoms with Crippen LogP contribution in [0.15, 0.2) is 109 Å². The standard InChI is InChI=1S/C38H30O4/c1-23-7-5-9-27(19-23)37(39)29-11-15-31-25(21-29)13-17-33(41-3)35(31)36-32-16-12-30(22-26(32)14-18-34(36)42-4)38(40)28-10-6-8-24(2)20-28/h5-22H,1-4H3. The predicted octanol–water partition coefficient (Wildman–Crippen LogP) is 8.76. The fraction of sp³-hybridized carbons (Fsp3) is 0.105. The minimum Gasteiger partial charge on any atom is -0.496 e. The lowest BCUT2D eigenvalue weighted by Crippen LogP contribution is -2.02. The van der Waals surface area contributed by atoms with Crippen molar-refractivity contribution in [1.29, 1.82) is 0 Å². The van der Waals surface area contributed by atoms with Crippen LogP contribution < -0.4 is 9.47 Å². The van der Waals surface area contributed by atoms with Crippen molar-refractivity contribution in [2.45, 2.75) is 13.8 Å². The van der Waals surface area contributed by atoms with Crippen molar-refractivity contribution in [2.75, 3.05) is 14.2 Å². The van der Waals surface area contributed by atoms with Gasteiger partial charge < -0.3 is 9.47 Å². The number of ether oxygens (including phenoxy) is 2. The maximum absolute atomic E-state index is 13.3. The number of rotatable bonds is 7. The van der Waals surface area contributed by atoms with Gasteiger partial charge in [0.25, 0.3) is 0 Å². The molecule has 0 spiro atoms. The molecule has 42 heavy (non-hydrogen) atoms. The summed E-state index contributed by atoms with van der Waals surface area (Å²) in [6, 6.07) is 34.6. The lowest BCUT2D eigenvalue weighted by Gasteiger charge is -2.18. The SMILES string of the molecule is COc1ccc2cc(C(=O)c3cccc(C)c3)ccc2c1-c1c(OC)ccc2cc(C(=O)c3cccc(C)c3)ccc12. The highest BCUT2D eigenvalue weighted by molar-refractivity contribution is 6.15. The van der Waals surface area contributed by atoms with Crippen LogP contribution in [0.1, 0.15) is 43.0 Å². The summed E-state index contributed by atoms with van der Waals surface area (Å²) in [6.45, 7) is 3.96. The second-order valence-electron chi connectivity index (χ2n) is 10.6. The second kappa shape index (κ2) is 11.0. The fourth-order valence-electron chi connectivity index (χ4n) is 5.66. The van der Waals surface area contributed by atoms with Gasteiger partial charge in [0.15, 0.2) is 11.6 Å². The summed E-state index contributed by atoms with van der Waals surface area (Å²) in [6.07, 6.45) is 0. The van der Waals surface area contributed by atoms with Crippen molar-refractivity contribution in [3.05, 3.63) is 143 Å². The monoisotopic (exact) mass is 550 g/mol. The van der Waals surface area contributed by atoms with Gasteiger partial charge in [-0.1, -0.05) is 83.9 Å². The average Bonchev–Trinajstić information content (AvgIpc) is 3.02. The first-order valence-electron chi connectivity index (χ1n) is 13.8. The Balaban J connectivity index is 1.52. The molecule has 0 N–H and O–H groups in total. The number of fused-ring (bicyclic) bond motifs is 2. The fourth-order valence-corrected chi connectivity index (χ4v) is 5.66. The smallest absolute Gasteiger partial charge is 0.193 e. The Morgan fingerprint density at radius 3 is 1.26 bits per heavy atom. The van der Waals surface area contributed by atoms with E-state index >= 15 is 0 Å². The molecule has 0 fully saturated rings. The second-order valence-corrected chi connectivity index (χ2v) is 10.6. The molecule has 0 aliphatic heterocycles. The number of ketones is 2. The van der Waals surface area contributed by atoms with Gasteiger partial charge in [-0.05, 0) is 71.8 Å². The number of methoxy groups -OCH3 is 2. The molecule has 0 aromatic heterocycles. The molecule has 0 atom stereocenters. The number of carbonyl (C=O) groups excluding carboxylic acids is 2. The molecule has 0 unspecified atom stereocenters. The molecule has 206 valence electrons. The summed E-state index contributed by atoms with van der Waals surface area (Å²) < 4.78 is 11.7. The van der Waals surface area contributed by atoms with E-state index in [0.29, 0.717) is 33.8 Å². The molecule has 0 saturated carbocycles. The maximum atomic E-state index is 13.3. The van der Waals surface area contributed by atoms with E-state index in [2.05, 4.69) is 0 Å². The topological polar surface area (TPSA) is 52.6 Å². The molecule has 6 aromatic carbocycles. The maximum Gasteiger partial charge on any atom is 0.193 e. The van der Waals surface area contributed by atoms with Gasteiger partial charge in [-0.25, -0.2) is 0 Å². The van der Waals surface area contributed by atoms with Crippen molar-refractivity contribution >= 4 is 33.1 Å². The number of hydrogen-bond acceptors (Lipinski definition) is 4. The van der Waals surface area contributed by atoms with Crippen LogP contribution in [-0.4, -0.2) is 25.8 Å². The Hall–Kier alpha value is -5.22. The van der Waals surface area contributed by atoms with Gasteiger partial charge in [-0.3, -0.25) is 9.59 Å². The average molecular weight is 551 g/mol. The minimum absolute atomic E-state index is 0.0217. The van der Waals surface area contributed by atoms with Gasteiger partial charge in [0, 0.05) is 33.4 Å². The van der Waals surface area contributed by atoms with Crippen LogP contribution in [0.25, 0.3) is 32.7 Å². The number of carbonyl (C=O) groups is 2. The van der Waals surface area contributed by atoms with E-state index in [1.807, 2.05) is 123 Å². The highest BCUT2D eigenvalue weighted by Crippen LogP contribution is 2.45. The van der Waals surface area contributed by atoms with Crippen molar-refractivity contribution in [3.63, 3.8) is 0 Å². The number of hydrogen-bond donors (Lipinski definition) is 0. The highest BCUT2D eigenvalue weighted by Gasteiger charge is 2.20. The Morgan fingerprint density at radius 1 is 0.476 bits per heavy atom. The largest absolute Gasteiger partial charge is 0.496 e. The van der Waals surface area contributed by atoms with E-state index in [0.717, 1.165) is 43.8 Å². The third kappa shape index (κ3) is 4.82. The van der Waals surface area contributed by atoms with Crippen LogP contribution in [-0.2, 0) is 0 Å². The van der Waals surface area contributed by atoms with E-state index in [1.165, 1.54) is 0 Å². The summed E-state index contributed by atoms with van der Waals surface area (Å²) in [4.78, 5) is 26.7. The number of aryl methyl sites for hydroxylation is 2. The minimum atomic E-state index is -0.0217. The Kier molecular flexibility index (Phi) is 7.05. The molecule has 0 bridgehead atoms. The van der Waals surface area contributed by atoms with Gasteiger partial charge in [-0.15, -0.1) is 0 Å². The summed E-state index contributed by atoms with van der Waals surface area (Å²) in [5.41, 5.74) is 6.38. The van der Waals surface area contributed by atoms with E-state index in [1.54, 1.807) is 14.2 Å². The Bertz CT molecular complexity index is 1870. The molecule has 6 rings (SSSR count). The van der Waals surface area contributed by atoms with Crippen LogP contribution in [0.4, 0.5) is 0 Å². The van der Waals surface area contributed by atoms with Crippen molar-refractivity contribution in [1.82, 2.24) is 0 Å². The van der Waals surface area contributed by atoms with Gasteiger partial charge in [0.2, 0.25) is 0 Å². The third-order valence-electron chi connectivity index (χ3n) is 7.74. The van der Waals surface area contributed by atoms with E-state index < -0.39 is 0 Å². The summed E-state index contributed by atoms with van der Waals surface area (Å²) in [5.74, 6) is 1.33. The highest BCUT2D eigenvalue weighted by atomic mass is 16.5. The van der Waals surface area contributed by atoms with Crippen LogP contribution in [0, 0.1) is 13.8 Å². The lowest BCUT2D eigenvalue weighted by molar-refractivity contribution is 0.103. The molecular weight excluding hydrogens is 520 g/mol. The lowest BCUT2D eigenvalue weighted by atomic mass is 9.89.